The second kappa shape index (κ2) is 8.98. The number of amides is 1. The summed E-state index contributed by atoms with van der Waals surface area (Å²) in [6, 6.07) is 5.79. The number of halogens is 1. The van der Waals surface area contributed by atoms with E-state index in [9.17, 15) is 4.79 Å². The normalized spacial score (nSPS) is 21.3. The lowest BCUT2D eigenvalue weighted by molar-refractivity contribution is 0.0301. The average Bonchev–Trinajstić information content (AvgIpc) is 3.17. The zero-order chi connectivity index (χ0) is 17.6. The Morgan fingerprint density at radius 2 is 2.24 bits per heavy atom. The number of ether oxygens (including phenoxy) is 2. The third kappa shape index (κ3) is 4.73. The van der Waals surface area contributed by atoms with Gasteiger partial charge in [-0.25, -0.2) is 0 Å². The van der Waals surface area contributed by atoms with Crippen molar-refractivity contribution >= 4 is 21.8 Å². The van der Waals surface area contributed by atoms with E-state index >= 15 is 0 Å². The number of morpholine rings is 1. The molecule has 25 heavy (non-hydrogen) atoms. The van der Waals surface area contributed by atoms with E-state index in [1.165, 1.54) is 0 Å². The number of carbonyl (C=O) groups excluding carboxylic acids is 1. The van der Waals surface area contributed by atoms with Gasteiger partial charge in [0, 0.05) is 43.2 Å². The number of hydrogen-bond donors (Lipinski definition) is 1. The summed E-state index contributed by atoms with van der Waals surface area (Å²) in [5, 5.41) is 3.37. The van der Waals surface area contributed by atoms with Gasteiger partial charge in [-0.1, -0.05) is 0 Å². The predicted octanol–water partition coefficient (Wildman–Crippen LogP) is 1.59. The molecule has 2 aliphatic rings. The summed E-state index contributed by atoms with van der Waals surface area (Å²) in [5.41, 5.74) is 0.660. The lowest BCUT2D eigenvalue weighted by Gasteiger charge is -2.33. The maximum Gasteiger partial charge on any atom is 0.255 e. The molecular weight excluding hydrogens is 386 g/mol. The van der Waals surface area contributed by atoms with Crippen molar-refractivity contribution in [2.45, 2.75) is 12.5 Å². The largest absolute Gasteiger partial charge is 0.497 e. The van der Waals surface area contributed by atoms with Crippen LogP contribution in [0.1, 0.15) is 16.8 Å². The number of nitrogens with one attached hydrogen (secondary N) is 1. The van der Waals surface area contributed by atoms with Crippen LogP contribution in [0.3, 0.4) is 0 Å². The minimum Gasteiger partial charge on any atom is -0.497 e. The van der Waals surface area contributed by atoms with E-state index in [4.69, 9.17) is 9.47 Å². The summed E-state index contributed by atoms with van der Waals surface area (Å²) in [5.74, 6) is 0.761. The molecule has 0 spiro atoms. The van der Waals surface area contributed by atoms with Crippen LogP contribution in [0.25, 0.3) is 0 Å². The van der Waals surface area contributed by atoms with Crippen LogP contribution in [-0.4, -0.2) is 81.3 Å². The molecule has 138 valence electrons. The summed E-state index contributed by atoms with van der Waals surface area (Å²) < 4.78 is 11.5. The Bertz CT molecular complexity index is 587. The summed E-state index contributed by atoms with van der Waals surface area (Å²) in [6.07, 6.45) is 0.996. The fraction of sp³-hybridized carbons (Fsp3) is 0.611. The van der Waals surface area contributed by atoms with Gasteiger partial charge in [-0.05, 0) is 47.1 Å². The molecule has 6 nitrogen and oxygen atoms in total. The van der Waals surface area contributed by atoms with Crippen molar-refractivity contribution in [3.05, 3.63) is 28.2 Å². The van der Waals surface area contributed by atoms with Crippen molar-refractivity contribution in [1.82, 2.24) is 15.1 Å². The molecule has 1 N–H and O–H groups in total. The van der Waals surface area contributed by atoms with E-state index in [1.807, 2.05) is 23.1 Å². The molecule has 2 saturated heterocycles. The highest BCUT2D eigenvalue weighted by Gasteiger charge is 2.29. The molecule has 1 aromatic rings. The monoisotopic (exact) mass is 411 g/mol. The number of rotatable bonds is 6. The van der Waals surface area contributed by atoms with Crippen LogP contribution in [0.5, 0.6) is 5.75 Å². The van der Waals surface area contributed by atoms with Gasteiger partial charge in [-0.15, -0.1) is 0 Å². The van der Waals surface area contributed by atoms with Crippen LogP contribution in [-0.2, 0) is 4.74 Å². The van der Waals surface area contributed by atoms with Gasteiger partial charge in [-0.2, -0.15) is 0 Å². The fourth-order valence-corrected chi connectivity index (χ4v) is 3.80. The molecule has 1 unspecified atom stereocenters. The quantitative estimate of drug-likeness (QED) is 0.770. The molecule has 1 atom stereocenters. The summed E-state index contributed by atoms with van der Waals surface area (Å²) >= 11 is 3.52. The van der Waals surface area contributed by atoms with Crippen molar-refractivity contribution in [2.24, 2.45) is 0 Å². The lowest BCUT2D eigenvalue weighted by Crippen LogP contribution is -2.47. The van der Waals surface area contributed by atoms with Gasteiger partial charge in [0.05, 0.1) is 25.9 Å². The Labute approximate surface area is 157 Å². The number of hydrogen-bond acceptors (Lipinski definition) is 5. The molecule has 3 rings (SSSR count). The predicted molar refractivity (Wildman–Crippen MR) is 100 cm³/mol. The highest BCUT2D eigenvalue weighted by atomic mass is 79.9. The van der Waals surface area contributed by atoms with Gasteiger partial charge < -0.3 is 19.7 Å². The first-order chi connectivity index (χ1) is 12.2. The fourth-order valence-electron chi connectivity index (χ4n) is 3.38. The van der Waals surface area contributed by atoms with Crippen molar-refractivity contribution in [3.8, 4) is 5.75 Å². The van der Waals surface area contributed by atoms with E-state index in [-0.39, 0.29) is 11.9 Å². The Kier molecular flexibility index (Phi) is 6.70. The highest BCUT2D eigenvalue weighted by molar-refractivity contribution is 9.10. The molecule has 2 fully saturated rings. The second-order valence-corrected chi connectivity index (χ2v) is 7.30. The van der Waals surface area contributed by atoms with Crippen LogP contribution in [0.4, 0.5) is 0 Å². The van der Waals surface area contributed by atoms with Crippen LogP contribution in [0.2, 0.25) is 0 Å². The first-order valence-electron chi connectivity index (χ1n) is 8.84. The Morgan fingerprint density at radius 3 is 2.92 bits per heavy atom. The van der Waals surface area contributed by atoms with Crippen molar-refractivity contribution in [3.63, 3.8) is 0 Å². The number of nitrogens with zero attached hydrogens (tertiary/aromatic N) is 2. The lowest BCUT2D eigenvalue weighted by atomic mass is 10.1. The smallest absolute Gasteiger partial charge is 0.255 e. The molecule has 0 radical (unpaired) electrons. The van der Waals surface area contributed by atoms with Gasteiger partial charge in [0.2, 0.25) is 0 Å². The molecule has 2 heterocycles. The van der Waals surface area contributed by atoms with E-state index in [0.717, 1.165) is 63.4 Å². The first kappa shape index (κ1) is 18.6. The van der Waals surface area contributed by atoms with Crippen LogP contribution >= 0.6 is 15.9 Å². The Hall–Kier alpha value is -1.15. The van der Waals surface area contributed by atoms with Gasteiger partial charge in [-0.3, -0.25) is 9.69 Å². The molecule has 7 heteroatoms. The molecule has 2 aliphatic heterocycles. The SMILES string of the molecule is COc1ccc(Br)c(C(=O)N(CCN2CCOCC2)C2CCNC2)c1. The summed E-state index contributed by atoms with van der Waals surface area (Å²) in [4.78, 5) is 17.7. The topological polar surface area (TPSA) is 54.0 Å². The van der Waals surface area contributed by atoms with E-state index in [0.29, 0.717) is 11.3 Å². The number of carbonyl (C=O) groups is 1. The third-order valence-electron chi connectivity index (χ3n) is 4.90. The third-order valence-corrected chi connectivity index (χ3v) is 5.59. The Morgan fingerprint density at radius 1 is 1.44 bits per heavy atom. The molecule has 0 bridgehead atoms. The minimum absolute atomic E-state index is 0.0627. The van der Waals surface area contributed by atoms with Crippen molar-refractivity contribution in [1.29, 1.82) is 0 Å². The maximum atomic E-state index is 13.3. The zero-order valence-electron chi connectivity index (χ0n) is 14.7. The molecule has 0 aliphatic carbocycles. The summed E-state index contributed by atoms with van der Waals surface area (Å²) in [7, 11) is 1.62. The van der Waals surface area contributed by atoms with Crippen LogP contribution in [0, 0.1) is 0 Å². The highest BCUT2D eigenvalue weighted by Crippen LogP contribution is 2.25. The van der Waals surface area contributed by atoms with Crippen LogP contribution in [0.15, 0.2) is 22.7 Å². The Balaban J connectivity index is 1.74. The number of methoxy groups -OCH3 is 1. The van der Waals surface area contributed by atoms with E-state index < -0.39 is 0 Å². The van der Waals surface area contributed by atoms with Crippen LogP contribution < -0.4 is 10.1 Å². The maximum absolute atomic E-state index is 13.3. The number of benzene rings is 1. The molecular formula is C18H26BrN3O3. The molecule has 1 amide bonds. The zero-order valence-corrected chi connectivity index (χ0v) is 16.3. The minimum atomic E-state index is 0.0627. The van der Waals surface area contributed by atoms with Crippen molar-refractivity contribution < 1.29 is 14.3 Å². The summed E-state index contributed by atoms with van der Waals surface area (Å²) in [6.45, 7) is 6.87. The van der Waals surface area contributed by atoms with E-state index in [1.54, 1.807) is 7.11 Å². The molecule has 0 aromatic heterocycles. The standard InChI is InChI=1S/C18H26BrN3O3/c1-24-15-2-3-17(19)16(12-15)18(23)22(14-4-5-20-13-14)7-6-21-8-10-25-11-9-21/h2-3,12,14,20H,4-11,13H2,1H3. The second-order valence-electron chi connectivity index (χ2n) is 6.44. The molecule has 0 saturated carbocycles. The first-order valence-corrected chi connectivity index (χ1v) is 9.63. The average molecular weight is 412 g/mol. The van der Waals surface area contributed by atoms with Gasteiger partial charge in [0.25, 0.3) is 5.91 Å². The van der Waals surface area contributed by atoms with Gasteiger partial charge in [0.1, 0.15) is 5.75 Å². The van der Waals surface area contributed by atoms with E-state index in [2.05, 4.69) is 26.1 Å². The van der Waals surface area contributed by atoms with Gasteiger partial charge >= 0.3 is 0 Å². The molecule has 1 aromatic carbocycles. The van der Waals surface area contributed by atoms with Gasteiger partial charge in [0.15, 0.2) is 0 Å². The van der Waals surface area contributed by atoms with Crippen molar-refractivity contribution in [2.75, 3.05) is 59.6 Å².